The molecule has 4 heteroatoms. The molecule has 0 aliphatic heterocycles. The molecule has 0 aromatic carbocycles. The van der Waals surface area contributed by atoms with Crippen molar-refractivity contribution in [3.8, 4) is 0 Å². The van der Waals surface area contributed by atoms with E-state index in [4.69, 9.17) is 5.73 Å². The van der Waals surface area contributed by atoms with Gasteiger partial charge in [0.1, 0.15) is 5.69 Å². The Bertz CT molecular complexity index is 497. The molecule has 2 N–H and O–H groups in total. The van der Waals surface area contributed by atoms with Crippen LogP contribution >= 0.6 is 0 Å². The molecule has 2 heterocycles. The van der Waals surface area contributed by atoms with Crippen LogP contribution in [0.4, 0.5) is 0 Å². The normalized spacial score (nSPS) is 10.0. The van der Waals surface area contributed by atoms with Crippen molar-refractivity contribution in [2.75, 3.05) is 0 Å². The first-order chi connectivity index (χ1) is 7.77. The number of aromatic nitrogens is 2. The van der Waals surface area contributed by atoms with E-state index >= 15 is 0 Å². The van der Waals surface area contributed by atoms with Crippen molar-refractivity contribution in [3.63, 3.8) is 0 Å². The van der Waals surface area contributed by atoms with Gasteiger partial charge in [-0.05, 0) is 35.7 Å². The van der Waals surface area contributed by atoms with Gasteiger partial charge in [0.25, 0.3) is 5.91 Å². The van der Waals surface area contributed by atoms with Crippen LogP contribution in [0.5, 0.6) is 0 Å². The third-order valence-corrected chi connectivity index (χ3v) is 2.27. The summed E-state index contributed by atoms with van der Waals surface area (Å²) in [7, 11) is 0. The highest BCUT2D eigenvalue weighted by molar-refractivity contribution is 5.92. The Hall–Kier alpha value is -2.23. The summed E-state index contributed by atoms with van der Waals surface area (Å²) in [6.45, 7) is 0. The maximum atomic E-state index is 11.2. The summed E-state index contributed by atoms with van der Waals surface area (Å²) < 4.78 is 0. The van der Waals surface area contributed by atoms with Gasteiger partial charge in [-0.2, -0.15) is 0 Å². The standard InChI is InChI=1S/C12H11N3O/c13-12(16)11-10(2-1-5-15-11)8-9-3-6-14-7-4-9/h1-7H,8H2,(H2,13,16). The Morgan fingerprint density at radius 3 is 2.62 bits per heavy atom. The summed E-state index contributed by atoms with van der Waals surface area (Å²) in [5.41, 5.74) is 7.50. The fourth-order valence-corrected chi connectivity index (χ4v) is 1.52. The minimum atomic E-state index is -0.496. The lowest BCUT2D eigenvalue weighted by molar-refractivity contribution is 0.0995. The molecule has 0 saturated heterocycles. The van der Waals surface area contributed by atoms with Gasteiger partial charge in [0.15, 0.2) is 0 Å². The summed E-state index contributed by atoms with van der Waals surface area (Å²) >= 11 is 0. The second kappa shape index (κ2) is 4.53. The van der Waals surface area contributed by atoms with E-state index in [1.165, 1.54) is 0 Å². The van der Waals surface area contributed by atoms with Gasteiger partial charge in [-0.15, -0.1) is 0 Å². The van der Waals surface area contributed by atoms with Crippen LogP contribution in [0.3, 0.4) is 0 Å². The summed E-state index contributed by atoms with van der Waals surface area (Å²) in [5, 5.41) is 0. The number of hydrogen-bond donors (Lipinski definition) is 1. The van der Waals surface area contributed by atoms with E-state index in [1.54, 1.807) is 24.7 Å². The fraction of sp³-hybridized carbons (Fsp3) is 0.0833. The number of carbonyl (C=O) groups excluding carboxylic acids is 1. The van der Waals surface area contributed by atoms with Crippen LogP contribution in [0.2, 0.25) is 0 Å². The van der Waals surface area contributed by atoms with E-state index in [9.17, 15) is 4.79 Å². The Kier molecular flexibility index (Phi) is 2.91. The molecule has 2 aromatic rings. The molecule has 0 radical (unpaired) electrons. The maximum absolute atomic E-state index is 11.2. The fourth-order valence-electron chi connectivity index (χ4n) is 1.52. The Morgan fingerprint density at radius 2 is 1.94 bits per heavy atom. The number of amides is 1. The predicted octanol–water partition coefficient (Wildman–Crippen LogP) is 1.17. The molecule has 0 saturated carbocycles. The van der Waals surface area contributed by atoms with Gasteiger partial charge < -0.3 is 5.73 Å². The number of pyridine rings is 2. The van der Waals surface area contributed by atoms with Crippen molar-refractivity contribution in [3.05, 3.63) is 59.7 Å². The first-order valence-electron chi connectivity index (χ1n) is 4.90. The molecule has 4 nitrogen and oxygen atoms in total. The van der Waals surface area contributed by atoms with Crippen LogP contribution in [0.15, 0.2) is 42.9 Å². The molecule has 2 rings (SSSR count). The zero-order valence-electron chi connectivity index (χ0n) is 8.63. The van der Waals surface area contributed by atoms with E-state index in [2.05, 4.69) is 9.97 Å². The van der Waals surface area contributed by atoms with Gasteiger partial charge in [-0.1, -0.05) is 6.07 Å². The van der Waals surface area contributed by atoms with Crippen LogP contribution in [0, 0.1) is 0 Å². The van der Waals surface area contributed by atoms with Crippen molar-refractivity contribution >= 4 is 5.91 Å². The summed E-state index contributed by atoms with van der Waals surface area (Å²) in [6, 6.07) is 7.45. The van der Waals surface area contributed by atoms with Gasteiger partial charge >= 0.3 is 0 Å². The third kappa shape index (κ3) is 2.23. The maximum Gasteiger partial charge on any atom is 0.267 e. The zero-order chi connectivity index (χ0) is 11.4. The van der Waals surface area contributed by atoms with Crippen LogP contribution in [-0.2, 0) is 6.42 Å². The molecule has 0 fully saturated rings. The Morgan fingerprint density at radius 1 is 1.19 bits per heavy atom. The van der Waals surface area contributed by atoms with Crippen LogP contribution in [0.1, 0.15) is 21.6 Å². The second-order valence-electron chi connectivity index (χ2n) is 3.41. The topological polar surface area (TPSA) is 68.9 Å². The van der Waals surface area contributed by atoms with Crippen molar-refractivity contribution in [1.29, 1.82) is 0 Å². The molecular formula is C12H11N3O. The minimum Gasteiger partial charge on any atom is -0.364 e. The number of carbonyl (C=O) groups is 1. The Labute approximate surface area is 93.2 Å². The SMILES string of the molecule is NC(=O)c1ncccc1Cc1ccncc1. The molecule has 2 aromatic heterocycles. The van der Waals surface area contributed by atoms with Crippen molar-refractivity contribution in [2.45, 2.75) is 6.42 Å². The number of hydrogen-bond acceptors (Lipinski definition) is 3. The van der Waals surface area contributed by atoms with Gasteiger partial charge in [0.2, 0.25) is 0 Å². The van der Waals surface area contributed by atoms with Crippen molar-refractivity contribution < 1.29 is 4.79 Å². The van der Waals surface area contributed by atoms with Gasteiger partial charge in [-0.3, -0.25) is 14.8 Å². The molecule has 80 valence electrons. The largest absolute Gasteiger partial charge is 0.364 e. The third-order valence-electron chi connectivity index (χ3n) is 2.27. The lowest BCUT2D eigenvalue weighted by Gasteiger charge is -2.04. The average molecular weight is 213 g/mol. The highest BCUT2D eigenvalue weighted by Gasteiger charge is 2.08. The van der Waals surface area contributed by atoms with Crippen LogP contribution in [0.25, 0.3) is 0 Å². The number of nitrogens with two attached hydrogens (primary N) is 1. The van der Waals surface area contributed by atoms with E-state index < -0.39 is 5.91 Å². The molecule has 16 heavy (non-hydrogen) atoms. The van der Waals surface area contributed by atoms with Gasteiger partial charge in [-0.25, -0.2) is 0 Å². The molecule has 1 amide bonds. The number of nitrogens with zero attached hydrogens (tertiary/aromatic N) is 2. The minimum absolute atomic E-state index is 0.333. The number of rotatable bonds is 3. The van der Waals surface area contributed by atoms with Crippen LogP contribution in [-0.4, -0.2) is 15.9 Å². The summed E-state index contributed by atoms with van der Waals surface area (Å²) in [5.74, 6) is -0.496. The van der Waals surface area contributed by atoms with E-state index in [0.29, 0.717) is 12.1 Å². The lowest BCUT2D eigenvalue weighted by Crippen LogP contribution is -2.15. The number of primary amides is 1. The first-order valence-corrected chi connectivity index (χ1v) is 4.90. The summed E-state index contributed by atoms with van der Waals surface area (Å²) in [4.78, 5) is 19.1. The Balaban J connectivity index is 2.31. The molecule has 0 spiro atoms. The average Bonchev–Trinajstić information content (AvgIpc) is 2.31. The van der Waals surface area contributed by atoms with E-state index in [-0.39, 0.29) is 0 Å². The van der Waals surface area contributed by atoms with E-state index in [0.717, 1.165) is 11.1 Å². The quantitative estimate of drug-likeness (QED) is 0.832. The van der Waals surface area contributed by atoms with Crippen molar-refractivity contribution in [2.24, 2.45) is 5.73 Å². The van der Waals surface area contributed by atoms with Gasteiger partial charge in [0.05, 0.1) is 0 Å². The van der Waals surface area contributed by atoms with E-state index in [1.807, 2.05) is 18.2 Å². The monoisotopic (exact) mass is 213 g/mol. The molecular weight excluding hydrogens is 202 g/mol. The molecule has 0 atom stereocenters. The van der Waals surface area contributed by atoms with Crippen molar-refractivity contribution in [1.82, 2.24) is 9.97 Å². The van der Waals surface area contributed by atoms with Gasteiger partial charge in [0, 0.05) is 18.6 Å². The summed E-state index contributed by atoms with van der Waals surface area (Å²) in [6.07, 6.45) is 5.63. The highest BCUT2D eigenvalue weighted by Crippen LogP contribution is 2.11. The molecule has 0 bridgehead atoms. The molecule has 0 aliphatic rings. The predicted molar refractivity (Wildman–Crippen MR) is 59.8 cm³/mol. The highest BCUT2D eigenvalue weighted by atomic mass is 16.1. The molecule has 0 unspecified atom stereocenters. The lowest BCUT2D eigenvalue weighted by atomic mass is 10.0. The first kappa shape index (κ1) is 10.3. The van der Waals surface area contributed by atoms with Crippen LogP contribution < -0.4 is 5.73 Å². The second-order valence-corrected chi connectivity index (χ2v) is 3.41. The zero-order valence-corrected chi connectivity index (χ0v) is 8.63. The molecule has 0 aliphatic carbocycles. The smallest absolute Gasteiger partial charge is 0.267 e.